The summed E-state index contributed by atoms with van der Waals surface area (Å²) in [6.07, 6.45) is 1.29. The standard InChI is InChI=1S/C26H32N4O5S/c1-18-6-8-21(9-7-18)30-14-13-28(16-19(30)2)25(31)20-5-4-12-29(17-20)36(33,34)22-10-11-23-24(15-22)35-26(32)27(23)3/h6-11,15,19-20H,4-5,12-14,16-17H2,1-3H3. The molecule has 2 atom stereocenters. The first-order valence-corrected chi connectivity index (χ1v) is 13.8. The number of rotatable bonds is 4. The first-order valence-electron chi connectivity index (χ1n) is 12.4. The lowest BCUT2D eigenvalue weighted by atomic mass is 9.97. The summed E-state index contributed by atoms with van der Waals surface area (Å²) in [5.41, 5.74) is 3.13. The molecule has 0 spiro atoms. The van der Waals surface area contributed by atoms with Crippen molar-refractivity contribution in [3.05, 3.63) is 58.6 Å². The molecule has 1 aromatic heterocycles. The van der Waals surface area contributed by atoms with E-state index in [0.29, 0.717) is 38.0 Å². The van der Waals surface area contributed by atoms with Gasteiger partial charge in [0.25, 0.3) is 0 Å². The molecule has 2 aromatic carbocycles. The van der Waals surface area contributed by atoms with Gasteiger partial charge in [0.15, 0.2) is 5.58 Å². The van der Waals surface area contributed by atoms with Crippen LogP contribution in [0.15, 0.2) is 56.6 Å². The number of aryl methyl sites for hydroxylation is 2. The fourth-order valence-electron chi connectivity index (χ4n) is 5.32. The predicted molar refractivity (Wildman–Crippen MR) is 138 cm³/mol. The maximum atomic E-state index is 13.4. The Morgan fingerprint density at radius 3 is 2.50 bits per heavy atom. The summed E-state index contributed by atoms with van der Waals surface area (Å²) in [4.78, 5) is 29.5. The Balaban J connectivity index is 1.28. The number of carbonyl (C=O) groups is 1. The van der Waals surface area contributed by atoms with Crippen molar-refractivity contribution in [3.8, 4) is 0 Å². The topological polar surface area (TPSA) is 96.1 Å². The van der Waals surface area contributed by atoms with Crippen LogP contribution in [0.4, 0.5) is 5.69 Å². The lowest BCUT2D eigenvalue weighted by Gasteiger charge is -2.43. The molecular formula is C26H32N4O5S. The van der Waals surface area contributed by atoms with E-state index in [9.17, 15) is 18.0 Å². The number of piperidine rings is 1. The molecule has 0 radical (unpaired) electrons. The molecule has 0 N–H and O–H groups in total. The minimum absolute atomic E-state index is 0.0230. The lowest BCUT2D eigenvalue weighted by Crippen LogP contribution is -2.56. The Morgan fingerprint density at radius 2 is 1.78 bits per heavy atom. The van der Waals surface area contributed by atoms with E-state index in [1.807, 2.05) is 4.90 Å². The van der Waals surface area contributed by atoms with Crippen molar-refractivity contribution in [2.45, 2.75) is 37.6 Å². The van der Waals surface area contributed by atoms with Gasteiger partial charge in [0, 0.05) is 57.6 Å². The minimum Gasteiger partial charge on any atom is -0.408 e. The number of hydrogen-bond acceptors (Lipinski definition) is 6. The van der Waals surface area contributed by atoms with E-state index in [1.54, 1.807) is 13.1 Å². The van der Waals surface area contributed by atoms with Gasteiger partial charge in [-0.15, -0.1) is 0 Å². The second kappa shape index (κ2) is 9.40. The summed E-state index contributed by atoms with van der Waals surface area (Å²) < 4.78 is 34.7. The summed E-state index contributed by atoms with van der Waals surface area (Å²) in [5.74, 6) is -0.889. The fourth-order valence-corrected chi connectivity index (χ4v) is 6.86. The van der Waals surface area contributed by atoms with Crippen LogP contribution >= 0.6 is 0 Å². The van der Waals surface area contributed by atoms with Gasteiger partial charge in [0.1, 0.15) is 0 Å². The van der Waals surface area contributed by atoms with Crippen LogP contribution in [0.3, 0.4) is 0 Å². The van der Waals surface area contributed by atoms with Crippen molar-refractivity contribution in [1.82, 2.24) is 13.8 Å². The maximum Gasteiger partial charge on any atom is 0.419 e. The summed E-state index contributed by atoms with van der Waals surface area (Å²) in [7, 11) is -2.26. The highest BCUT2D eigenvalue weighted by Crippen LogP contribution is 2.28. The number of benzene rings is 2. The van der Waals surface area contributed by atoms with Crippen molar-refractivity contribution >= 4 is 32.7 Å². The highest BCUT2D eigenvalue weighted by Gasteiger charge is 2.37. The molecule has 36 heavy (non-hydrogen) atoms. The van der Waals surface area contributed by atoms with E-state index in [2.05, 4.69) is 43.0 Å². The van der Waals surface area contributed by atoms with Gasteiger partial charge in [-0.2, -0.15) is 4.31 Å². The molecule has 2 aliphatic heterocycles. The number of aromatic nitrogens is 1. The first-order chi connectivity index (χ1) is 17.1. The largest absolute Gasteiger partial charge is 0.419 e. The van der Waals surface area contributed by atoms with Crippen molar-refractivity contribution in [1.29, 1.82) is 0 Å². The van der Waals surface area contributed by atoms with Crippen LogP contribution in [0.2, 0.25) is 0 Å². The molecule has 5 rings (SSSR count). The minimum atomic E-state index is -3.83. The number of fused-ring (bicyclic) bond motifs is 1. The summed E-state index contributed by atoms with van der Waals surface area (Å²) in [6, 6.07) is 13.1. The monoisotopic (exact) mass is 512 g/mol. The van der Waals surface area contributed by atoms with Gasteiger partial charge in [-0.25, -0.2) is 13.2 Å². The highest BCUT2D eigenvalue weighted by molar-refractivity contribution is 7.89. The molecule has 0 saturated carbocycles. The number of piperazine rings is 1. The average molecular weight is 513 g/mol. The Bertz CT molecular complexity index is 1440. The van der Waals surface area contributed by atoms with Crippen LogP contribution in [-0.2, 0) is 21.9 Å². The number of oxazole rings is 1. The van der Waals surface area contributed by atoms with Gasteiger partial charge in [0.05, 0.1) is 16.3 Å². The molecular weight excluding hydrogens is 480 g/mol. The molecule has 3 aromatic rings. The van der Waals surface area contributed by atoms with E-state index < -0.39 is 15.8 Å². The third kappa shape index (κ3) is 4.43. The molecule has 0 bridgehead atoms. The van der Waals surface area contributed by atoms with E-state index in [4.69, 9.17) is 4.42 Å². The van der Waals surface area contributed by atoms with Crippen LogP contribution in [0, 0.1) is 12.8 Å². The van der Waals surface area contributed by atoms with Gasteiger partial charge >= 0.3 is 5.76 Å². The number of anilines is 1. The van der Waals surface area contributed by atoms with Crippen molar-refractivity contribution < 1.29 is 17.6 Å². The second-order valence-corrected chi connectivity index (χ2v) is 11.9. The van der Waals surface area contributed by atoms with E-state index >= 15 is 0 Å². The van der Waals surface area contributed by atoms with Crippen LogP contribution in [-0.4, -0.2) is 66.9 Å². The molecule has 2 fully saturated rings. The lowest BCUT2D eigenvalue weighted by molar-refractivity contribution is -0.137. The molecule has 1 amide bonds. The van der Waals surface area contributed by atoms with E-state index in [0.717, 1.165) is 12.2 Å². The Labute approximate surface area is 210 Å². The third-order valence-corrected chi connectivity index (χ3v) is 9.30. The smallest absolute Gasteiger partial charge is 0.408 e. The number of amides is 1. The van der Waals surface area contributed by atoms with Crippen LogP contribution in [0.5, 0.6) is 0 Å². The van der Waals surface area contributed by atoms with Crippen LogP contribution in [0.1, 0.15) is 25.3 Å². The first kappa shape index (κ1) is 24.6. The van der Waals surface area contributed by atoms with Gasteiger partial charge in [-0.05, 0) is 51.0 Å². The molecule has 3 heterocycles. The zero-order chi connectivity index (χ0) is 25.6. The van der Waals surface area contributed by atoms with Gasteiger partial charge in [-0.3, -0.25) is 9.36 Å². The number of hydrogen-bond donors (Lipinski definition) is 0. The quantitative estimate of drug-likeness (QED) is 0.533. The molecule has 2 saturated heterocycles. The number of carbonyl (C=O) groups excluding carboxylic acids is 1. The SMILES string of the molecule is Cc1ccc(N2CCN(C(=O)C3CCCN(S(=O)(=O)c4ccc5c(c4)oc(=O)n5C)C3)CC2C)cc1. The predicted octanol–water partition coefficient (Wildman–Crippen LogP) is 2.58. The van der Waals surface area contributed by atoms with Crippen molar-refractivity contribution in [2.75, 3.05) is 37.6 Å². The Hall–Kier alpha value is -3.11. The van der Waals surface area contributed by atoms with Gasteiger partial charge in [0.2, 0.25) is 15.9 Å². The molecule has 9 nitrogen and oxygen atoms in total. The fraction of sp³-hybridized carbons (Fsp3) is 0.462. The molecule has 0 aliphatic carbocycles. The second-order valence-electron chi connectivity index (χ2n) is 9.92. The maximum absolute atomic E-state index is 13.4. The molecule has 2 unspecified atom stereocenters. The summed E-state index contributed by atoms with van der Waals surface area (Å²) >= 11 is 0. The molecule has 10 heteroatoms. The van der Waals surface area contributed by atoms with Crippen LogP contribution in [0.25, 0.3) is 11.1 Å². The normalized spacial score (nSPS) is 21.8. The summed E-state index contributed by atoms with van der Waals surface area (Å²) in [5, 5.41) is 0. The molecule has 192 valence electrons. The average Bonchev–Trinajstić information content (AvgIpc) is 3.17. The zero-order valence-electron chi connectivity index (χ0n) is 20.9. The van der Waals surface area contributed by atoms with Gasteiger partial charge < -0.3 is 14.2 Å². The van der Waals surface area contributed by atoms with E-state index in [-0.39, 0.29) is 34.9 Å². The van der Waals surface area contributed by atoms with Crippen molar-refractivity contribution in [2.24, 2.45) is 13.0 Å². The summed E-state index contributed by atoms with van der Waals surface area (Å²) in [6.45, 7) is 6.67. The van der Waals surface area contributed by atoms with E-state index in [1.165, 1.54) is 26.6 Å². The van der Waals surface area contributed by atoms with Gasteiger partial charge in [-0.1, -0.05) is 17.7 Å². The van der Waals surface area contributed by atoms with Crippen LogP contribution < -0.4 is 10.7 Å². The number of sulfonamides is 1. The Kier molecular flexibility index (Phi) is 6.42. The third-order valence-electron chi connectivity index (χ3n) is 7.44. The van der Waals surface area contributed by atoms with Crippen molar-refractivity contribution in [3.63, 3.8) is 0 Å². The Morgan fingerprint density at radius 1 is 1.03 bits per heavy atom. The highest BCUT2D eigenvalue weighted by atomic mass is 32.2. The number of nitrogens with zero attached hydrogens (tertiary/aromatic N) is 4. The molecule has 2 aliphatic rings. The zero-order valence-corrected chi connectivity index (χ0v) is 21.7.